The number of benzene rings is 1. The largest absolute Gasteiger partial charge is 0.457 e. The van der Waals surface area contributed by atoms with Crippen LogP contribution in [0.2, 0.25) is 0 Å². The lowest BCUT2D eigenvalue weighted by Crippen LogP contribution is -2.30. The van der Waals surface area contributed by atoms with Crippen molar-refractivity contribution in [3.8, 4) is 0 Å². The number of hydrogen-bond donors (Lipinski definition) is 2. The maximum Gasteiger partial charge on any atom is 0.255 e. The van der Waals surface area contributed by atoms with Crippen molar-refractivity contribution in [1.29, 1.82) is 0 Å². The molecule has 1 heterocycles. The van der Waals surface area contributed by atoms with Gasteiger partial charge in [-0.3, -0.25) is 4.79 Å². The highest BCUT2D eigenvalue weighted by molar-refractivity contribution is 9.10. The van der Waals surface area contributed by atoms with Gasteiger partial charge in [0.15, 0.2) is 4.67 Å². The first-order chi connectivity index (χ1) is 9.63. The summed E-state index contributed by atoms with van der Waals surface area (Å²) in [4.78, 5) is 12.2. The molecular weight excluding hydrogens is 356 g/mol. The number of hydrogen-bond acceptors (Lipinski definition) is 3. The maximum atomic E-state index is 12.2. The van der Waals surface area contributed by atoms with Crippen LogP contribution in [0.3, 0.4) is 0 Å². The van der Waals surface area contributed by atoms with Gasteiger partial charge in [-0.1, -0.05) is 6.07 Å². The SMILES string of the molecule is Cl.Nc1ccc2c(c1)CCCC2NC(=O)c1coc(Br)c1. The standard InChI is InChI=1S/C15H15BrN2O2.ClH/c16-14-7-10(8-20-14)15(19)18-13-3-1-2-9-6-11(17)4-5-12(9)13;/h4-8,13H,1-3,17H2,(H,18,19);1H. The summed E-state index contributed by atoms with van der Waals surface area (Å²) >= 11 is 3.20. The number of fused-ring (bicyclic) bond motifs is 1. The highest BCUT2D eigenvalue weighted by atomic mass is 79.9. The van der Waals surface area contributed by atoms with Crippen molar-refractivity contribution in [3.63, 3.8) is 0 Å². The van der Waals surface area contributed by atoms with E-state index in [2.05, 4.69) is 21.2 Å². The van der Waals surface area contributed by atoms with E-state index in [1.807, 2.05) is 18.2 Å². The summed E-state index contributed by atoms with van der Waals surface area (Å²) in [6.07, 6.45) is 4.47. The molecule has 3 rings (SSSR count). The summed E-state index contributed by atoms with van der Waals surface area (Å²) in [6, 6.07) is 7.61. The molecule has 112 valence electrons. The normalized spacial score (nSPS) is 16.7. The van der Waals surface area contributed by atoms with Gasteiger partial charge in [0.05, 0.1) is 11.6 Å². The van der Waals surface area contributed by atoms with Crippen LogP contribution in [-0.4, -0.2) is 5.91 Å². The van der Waals surface area contributed by atoms with Crippen LogP contribution in [0.15, 0.2) is 39.6 Å². The van der Waals surface area contributed by atoms with Crippen LogP contribution in [0.1, 0.15) is 40.4 Å². The minimum Gasteiger partial charge on any atom is -0.457 e. The number of halogens is 2. The molecule has 0 bridgehead atoms. The zero-order valence-electron chi connectivity index (χ0n) is 11.3. The smallest absolute Gasteiger partial charge is 0.255 e. The molecule has 2 aromatic rings. The average molecular weight is 372 g/mol. The highest BCUT2D eigenvalue weighted by Crippen LogP contribution is 2.31. The molecular formula is C15H16BrClN2O2. The highest BCUT2D eigenvalue weighted by Gasteiger charge is 2.22. The zero-order chi connectivity index (χ0) is 14.1. The molecule has 4 nitrogen and oxygen atoms in total. The molecule has 0 saturated carbocycles. The van der Waals surface area contributed by atoms with Crippen LogP contribution in [0.25, 0.3) is 0 Å². The van der Waals surface area contributed by atoms with E-state index in [9.17, 15) is 4.79 Å². The number of nitrogens with two attached hydrogens (primary N) is 1. The fraction of sp³-hybridized carbons (Fsp3) is 0.267. The third-order valence-corrected chi connectivity index (χ3v) is 4.03. The number of rotatable bonds is 2. The van der Waals surface area contributed by atoms with Gasteiger partial charge < -0.3 is 15.5 Å². The molecule has 0 fully saturated rings. The Morgan fingerprint density at radius 3 is 2.90 bits per heavy atom. The van der Waals surface area contributed by atoms with Gasteiger partial charge in [0.2, 0.25) is 0 Å². The number of nitrogen functional groups attached to an aromatic ring is 1. The van der Waals surface area contributed by atoms with Crippen molar-refractivity contribution < 1.29 is 9.21 Å². The van der Waals surface area contributed by atoms with Gasteiger partial charge in [0, 0.05) is 11.8 Å². The maximum absolute atomic E-state index is 12.2. The number of amides is 1. The van der Waals surface area contributed by atoms with Gasteiger partial charge >= 0.3 is 0 Å². The van der Waals surface area contributed by atoms with Crippen LogP contribution in [-0.2, 0) is 6.42 Å². The molecule has 1 atom stereocenters. The molecule has 1 aliphatic carbocycles. The van der Waals surface area contributed by atoms with Gasteiger partial charge in [-0.05, 0) is 58.5 Å². The number of aryl methyl sites for hydroxylation is 1. The van der Waals surface area contributed by atoms with Crippen molar-refractivity contribution in [3.05, 3.63) is 51.9 Å². The van der Waals surface area contributed by atoms with Crippen LogP contribution >= 0.6 is 28.3 Å². The van der Waals surface area contributed by atoms with Crippen molar-refractivity contribution in [2.45, 2.75) is 25.3 Å². The molecule has 1 aromatic carbocycles. The van der Waals surface area contributed by atoms with E-state index < -0.39 is 0 Å². The summed E-state index contributed by atoms with van der Waals surface area (Å²) in [5, 5.41) is 3.06. The summed E-state index contributed by atoms with van der Waals surface area (Å²) in [7, 11) is 0. The molecule has 1 aromatic heterocycles. The van der Waals surface area contributed by atoms with Crippen molar-refractivity contribution in [2.24, 2.45) is 0 Å². The van der Waals surface area contributed by atoms with Crippen LogP contribution in [0.4, 0.5) is 5.69 Å². The summed E-state index contributed by atoms with van der Waals surface area (Å²) in [6.45, 7) is 0. The third kappa shape index (κ3) is 3.41. The van der Waals surface area contributed by atoms with E-state index in [1.165, 1.54) is 17.4 Å². The number of anilines is 1. The Kier molecular flexibility index (Phi) is 4.96. The van der Waals surface area contributed by atoms with Crippen molar-refractivity contribution in [2.75, 3.05) is 5.73 Å². The topological polar surface area (TPSA) is 68.3 Å². The summed E-state index contributed by atoms with van der Waals surface area (Å²) in [5.74, 6) is -0.117. The summed E-state index contributed by atoms with van der Waals surface area (Å²) in [5.41, 5.74) is 9.52. The van der Waals surface area contributed by atoms with Crippen LogP contribution < -0.4 is 11.1 Å². The fourth-order valence-corrected chi connectivity index (χ4v) is 2.99. The first-order valence-electron chi connectivity index (χ1n) is 6.56. The quantitative estimate of drug-likeness (QED) is 0.788. The second kappa shape index (κ2) is 6.54. The number of carbonyl (C=O) groups is 1. The molecule has 1 aliphatic rings. The van der Waals surface area contributed by atoms with Crippen molar-refractivity contribution >= 4 is 39.9 Å². The second-order valence-electron chi connectivity index (χ2n) is 5.02. The Labute approximate surface area is 137 Å². The first kappa shape index (κ1) is 15.9. The molecule has 0 radical (unpaired) electrons. The Hall–Kier alpha value is -1.46. The fourth-order valence-electron chi connectivity index (χ4n) is 2.65. The zero-order valence-corrected chi connectivity index (χ0v) is 13.7. The van der Waals surface area contributed by atoms with Gasteiger partial charge in [0.1, 0.15) is 6.26 Å². The Bertz CT molecular complexity index is 657. The molecule has 3 N–H and O–H groups in total. The lowest BCUT2D eigenvalue weighted by Gasteiger charge is -2.26. The number of furan rings is 1. The lowest BCUT2D eigenvalue weighted by molar-refractivity contribution is 0.0932. The minimum atomic E-state index is -0.117. The average Bonchev–Trinajstić information content (AvgIpc) is 2.85. The number of carbonyl (C=O) groups excluding carboxylic acids is 1. The van der Waals surface area contributed by atoms with Gasteiger partial charge in [-0.15, -0.1) is 12.4 Å². The molecule has 1 unspecified atom stereocenters. The van der Waals surface area contributed by atoms with E-state index in [4.69, 9.17) is 10.2 Å². The molecule has 6 heteroatoms. The first-order valence-corrected chi connectivity index (χ1v) is 7.36. The van der Waals surface area contributed by atoms with E-state index in [-0.39, 0.29) is 24.4 Å². The summed E-state index contributed by atoms with van der Waals surface area (Å²) < 4.78 is 5.65. The minimum absolute atomic E-state index is 0. The third-order valence-electron chi connectivity index (χ3n) is 3.62. The van der Waals surface area contributed by atoms with Crippen LogP contribution in [0, 0.1) is 0 Å². The second-order valence-corrected chi connectivity index (χ2v) is 5.80. The Morgan fingerprint density at radius 2 is 2.19 bits per heavy atom. The van der Waals surface area contributed by atoms with E-state index in [0.717, 1.165) is 24.9 Å². The molecule has 1 amide bonds. The van der Waals surface area contributed by atoms with Crippen molar-refractivity contribution in [1.82, 2.24) is 5.32 Å². The van der Waals surface area contributed by atoms with E-state index in [0.29, 0.717) is 10.2 Å². The lowest BCUT2D eigenvalue weighted by atomic mass is 9.87. The van der Waals surface area contributed by atoms with Gasteiger partial charge in [-0.2, -0.15) is 0 Å². The predicted octanol–water partition coefficient (Wildman–Crippen LogP) is 3.85. The molecule has 0 spiro atoms. The molecule has 21 heavy (non-hydrogen) atoms. The molecule has 0 aliphatic heterocycles. The molecule has 0 saturated heterocycles. The van der Waals surface area contributed by atoms with Gasteiger partial charge in [-0.25, -0.2) is 0 Å². The van der Waals surface area contributed by atoms with Crippen LogP contribution in [0.5, 0.6) is 0 Å². The Balaban J connectivity index is 0.00000161. The van der Waals surface area contributed by atoms with Gasteiger partial charge in [0.25, 0.3) is 5.91 Å². The predicted molar refractivity (Wildman–Crippen MR) is 87.7 cm³/mol. The monoisotopic (exact) mass is 370 g/mol. The van der Waals surface area contributed by atoms with E-state index in [1.54, 1.807) is 6.07 Å². The number of nitrogens with one attached hydrogen (secondary N) is 1. The Morgan fingerprint density at radius 1 is 1.38 bits per heavy atom. The van der Waals surface area contributed by atoms with E-state index >= 15 is 0 Å².